The summed E-state index contributed by atoms with van der Waals surface area (Å²) in [6, 6.07) is 25.8. The van der Waals surface area contributed by atoms with Crippen LogP contribution in [0.3, 0.4) is 0 Å². The minimum atomic E-state index is -4.08. The van der Waals surface area contributed by atoms with E-state index in [1.165, 1.54) is 18.2 Å². The second kappa shape index (κ2) is 14.2. The first kappa shape index (κ1) is 38.4. The van der Waals surface area contributed by atoms with Gasteiger partial charge in [0.25, 0.3) is 10.1 Å². The Morgan fingerprint density at radius 1 is 1.00 bits per heavy atom. The van der Waals surface area contributed by atoms with Gasteiger partial charge in [0.2, 0.25) is 0 Å². The maximum Gasteiger partial charge on any atom is 0.335 e. The molecule has 1 saturated heterocycles. The number of para-hydroxylation sites is 1. The number of rotatable bonds is 11. The van der Waals surface area contributed by atoms with Crippen LogP contribution in [0.4, 0.5) is 5.69 Å². The molecule has 6 rings (SSSR count). The Labute approximate surface area is 312 Å². The zero-order valence-corrected chi connectivity index (χ0v) is 34.1. The molecule has 3 aliphatic rings. The van der Waals surface area contributed by atoms with Gasteiger partial charge in [0.05, 0.1) is 35.2 Å². The van der Waals surface area contributed by atoms with E-state index in [9.17, 15) is 13.2 Å². The molecule has 1 spiro atoms. The Kier molecular flexibility index (Phi) is 10.5. The average Bonchev–Trinajstić information content (AvgIpc) is 3.43. The molecule has 0 aromatic heterocycles. The molecule has 1 N–H and O–H groups in total. The Balaban J connectivity index is 1.49. The Bertz CT molecular complexity index is 1920. The highest BCUT2D eigenvalue weighted by molar-refractivity contribution is 7.86. The third-order valence-corrected chi connectivity index (χ3v) is 18.1. The van der Waals surface area contributed by atoms with Crippen LogP contribution in [0, 0.1) is 12.8 Å². The lowest BCUT2D eigenvalue weighted by Gasteiger charge is -2.58. The number of carbonyl (C=O) groups is 1. The molecule has 0 bridgehead atoms. The summed E-state index contributed by atoms with van der Waals surface area (Å²) in [7, 11) is -5.11. The quantitative estimate of drug-likeness (QED) is 0.118. The number of ether oxygens (including phenoxy) is 1. The van der Waals surface area contributed by atoms with Gasteiger partial charge in [0.1, 0.15) is 0 Å². The molecule has 10 heteroatoms. The van der Waals surface area contributed by atoms with E-state index in [0.717, 1.165) is 36.3 Å². The van der Waals surface area contributed by atoms with Gasteiger partial charge < -0.3 is 14.5 Å². The van der Waals surface area contributed by atoms with E-state index in [-0.39, 0.29) is 40.5 Å². The maximum atomic E-state index is 13.8. The first-order valence-corrected chi connectivity index (χ1v) is 22.9. The van der Waals surface area contributed by atoms with Crippen LogP contribution in [-0.4, -0.2) is 59.5 Å². The molecule has 0 saturated carbocycles. The third kappa shape index (κ3) is 7.05. The molecule has 8 nitrogen and oxygen atoms in total. The summed E-state index contributed by atoms with van der Waals surface area (Å²) in [6.07, 6.45) is 2.74. The number of methoxy groups -OCH3 is 1. The largest absolute Gasteiger partial charge is 0.466 e. The van der Waals surface area contributed by atoms with Crippen LogP contribution in [0.25, 0.3) is 0 Å². The van der Waals surface area contributed by atoms with E-state index >= 15 is 0 Å². The summed E-state index contributed by atoms with van der Waals surface area (Å²) < 4.78 is 46.1. The number of nitrogens with zero attached hydrogens (tertiary/aromatic N) is 1. The number of hydrogen-bond acceptors (Lipinski definition) is 8. The van der Waals surface area contributed by atoms with Crippen molar-refractivity contribution in [2.75, 3.05) is 25.6 Å². The number of likely N-dealkylation sites (tertiary alicyclic amines) is 1. The second-order valence-corrected chi connectivity index (χ2v) is 23.2. The monoisotopic (exact) mass is 744 g/mol. The van der Waals surface area contributed by atoms with Crippen molar-refractivity contribution in [2.24, 2.45) is 5.92 Å². The lowest BCUT2D eigenvalue weighted by molar-refractivity contribution is -0.137. The summed E-state index contributed by atoms with van der Waals surface area (Å²) >= 11 is 0. The summed E-state index contributed by atoms with van der Waals surface area (Å²) in [5, 5.41) is 3.58. The van der Waals surface area contributed by atoms with E-state index in [0.29, 0.717) is 18.4 Å². The number of fused-ring (bicyclic) bond motifs is 1. The van der Waals surface area contributed by atoms with Crippen molar-refractivity contribution >= 4 is 30.1 Å². The fourth-order valence-corrected chi connectivity index (χ4v) is 11.5. The van der Waals surface area contributed by atoms with E-state index in [4.69, 9.17) is 13.3 Å². The minimum absolute atomic E-state index is 0.0351. The molecule has 0 radical (unpaired) electrons. The molecule has 52 heavy (non-hydrogen) atoms. The Morgan fingerprint density at radius 3 is 2.31 bits per heavy atom. The molecule has 2 heterocycles. The van der Waals surface area contributed by atoms with Crippen molar-refractivity contribution in [3.8, 4) is 0 Å². The van der Waals surface area contributed by atoms with Gasteiger partial charge in [-0.2, -0.15) is 8.42 Å². The fourth-order valence-electron chi connectivity index (χ4n) is 8.81. The summed E-state index contributed by atoms with van der Waals surface area (Å²) in [6.45, 7) is 17.9. The normalized spacial score (nSPS) is 23.9. The van der Waals surface area contributed by atoms with Crippen LogP contribution < -0.4 is 5.32 Å². The molecular weight excluding hydrogens is 689 g/mol. The number of aryl methyl sites for hydroxylation is 1. The molecule has 1 fully saturated rings. The lowest BCUT2D eigenvalue weighted by atomic mass is 9.57. The number of hydrogen-bond donors (Lipinski definition) is 1. The van der Waals surface area contributed by atoms with Crippen molar-refractivity contribution in [3.63, 3.8) is 0 Å². The van der Waals surface area contributed by atoms with Gasteiger partial charge in [-0.05, 0) is 106 Å². The van der Waals surface area contributed by atoms with Gasteiger partial charge in [-0.1, -0.05) is 87.0 Å². The van der Waals surface area contributed by atoms with Crippen LogP contribution in [0.5, 0.6) is 0 Å². The van der Waals surface area contributed by atoms with Crippen molar-refractivity contribution in [1.82, 2.24) is 4.90 Å². The number of esters is 1. The summed E-state index contributed by atoms with van der Waals surface area (Å²) in [5.41, 5.74) is 4.49. The minimum Gasteiger partial charge on any atom is -0.466 e. The smallest absolute Gasteiger partial charge is 0.335 e. The molecule has 1 aliphatic carbocycles. The van der Waals surface area contributed by atoms with Crippen LogP contribution in [0.15, 0.2) is 95.0 Å². The average molecular weight is 745 g/mol. The predicted octanol–water partition coefficient (Wildman–Crippen LogP) is 8.91. The van der Waals surface area contributed by atoms with E-state index in [1.54, 1.807) is 24.3 Å². The van der Waals surface area contributed by atoms with Crippen LogP contribution in [0.2, 0.25) is 18.1 Å². The van der Waals surface area contributed by atoms with Gasteiger partial charge in [0.15, 0.2) is 8.32 Å². The molecular formula is C42H56N2O6SSi. The molecule has 2 aliphatic heterocycles. The topological polar surface area (TPSA) is 94.2 Å². The summed E-state index contributed by atoms with van der Waals surface area (Å²) in [5.74, 6) is -0.450. The van der Waals surface area contributed by atoms with Crippen molar-refractivity contribution in [2.45, 2.75) is 113 Å². The van der Waals surface area contributed by atoms with Crippen LogP contribution in [-0.2, 0) is 33.7 Å². The number of nitrogens with one attached hydrogen (secondary N) is 1. The van der Waals surface area contributed by atoms with Crippen molar-refractivity contribution in [3.05, 3.63) is 107 Å². The lowest BCUT2D eigenvalue weighted by Crippen LogP contribution is -2.62. The molecule has 280 valence electrons. The zero-order chi connectivity index (χ0) is 37.7. The Morgan fingerprint density at radius 2 is 1.65 bits per heavy atom. The van der Waals surface area contributed by atoms with Gasteiger partial charge in [0, 0.05) is 23.5 Å². The molecule has 5 atom stereocenters. The molecule has 3 aromatic rings. The first-order valence-electron chi connectivity index (χ1n) is 18.6. The Hall–Kier alpha value is -3.28. The molecule has 0 amide bonds. The predicted molar refractivity (Wildman–Crippen MR) is 209 cm³/mol. The maximum absolute atomic E-state index is 13.8. The third-order valence-electron chi connectivity index (χ3n) is 12.2. The molecule has 0 unspecified atom stereocenters. The fraction of sp³-hybridized carbons (Fsp3) is 0.500. The van der Waals surface area contributed by atoms with E-state index in [2.05, 4.69) is 93.5 Å². The van der Waals surface area contributed by atoms with Crippen LogP contribution >= 0.6 is 0 Å². The van der Waals surface area contributed by atoms with Crippen molar-refractivity contribution < 1.29 is 26.6 Å². The SMILES string of the molecule is COC(=O)C1=C2Nc3ccccc3[C@]23CCCN([C@@H](C)c2ccccc2)[C@@H]3[C@@H](C[C@@](C)(COS(=O)(=O)c2ccc(C)cc2)O[Si](C)(C)C(C)(C)C)C1. The van der Waals surface area contributed by atoms with Gasteiger partial charge in [-0.15, -0.1) is 0 Å². The highest BCUT2D eigenvalue weighted by Crippen LogP contribution is 2.60. The van der Waals surface area contributed by atoms with E-state index < -0.39 is 29.5 Å². The van der Waals surface area contributed by atoms with Crippen molar-refractivity contribution in [1.29, 1.82) is 0 Å². The van der Waals surface area contributed by atoms with Gasteiger partial charge >= 0.3 is 5.97 Å². The highest BCUT2D eigenvalue weighted by atomic mass is 32.2. The number of carbonyl (C=O) groups excluding carboxylic acids is 1. The standard InChI is InChI=1S/C42H56N2O6SSi/c1-29-20-22-33(23-21-29)51(46,47)49-28-41(6,50-52(8,9)40(3,4)5)27-32-26-34(39(45)48-7)37-42(35-18-13-14-19-36(35)43-37)24-15-25-44(38(32)42)30(2)31-16-11-10-12-17-31/h10-14,16-23,30,32,38,43H,15,24-28H2,1-9H3/t30-,32+,38+,41-,42+/m0/s1. The van der Waals surface area contributed by atoms with Gasteiger partial charge in [-0.3, -0.25) is 9.08 Å². The van der Waals surface area contributed by atoms with Gasteiger partial charge in [-0.25, -0.2) is 4.79 Å². The molecule has 3 aromatic carbocycles. The van der Waals surface area contributed by atoms with Crippen LogP contribution in [0.1, 0.15) is 83.0 Å². The first-order chi connectivity index (χ1) is 24.4. The number of benzene rings is 3. The zero-order valence-electron chi connectivity index (χ0n) is 32.3. The summed E-state index contributed by atoms with van der Waals surface area (Å²) in [4.78, 5) is 16.6. The highest BCUT2D eigenvalue weighted by Gasteiger charge is 2.61. The number of anilines is 1. The number of piperidine rings is 1. The van der Waals surface area contributed by atoms with E-state index in [1.807, 2.05) is 26.0 Å². The second-order valence-electron chi connectivity index (χ2n) is 16.9.